The van der Waals surface area contributed by atoms with Crippen LogP contribution < -0.4 is 5.32 Å². The zero-order chi connectivity index (χ0) is 13.9. The number of hydrogen-bond acceptors (Lipinski definition) is 4. The summed E-state index contributed by atoms with van der Waals surface area (Å²) in [5, 5.41) is 21.2. The number of rotatable bonds is 6. The third kappa shape index (κ3) is 3.67. The van der Waals surface area contributed by atoms with E-state index in [-0.39, 0.29) is 30.4 Å². The molecule has 2 rings (SSSR count). The van der Waals surface area contributed by atoms with Crippen LogP contribution in [-0.2, 0) is 9.59 Å². The summed E-state index contributed by atoms with van der Waals surface area (Å²) < 4.78 is 0. The fourth-order valence-electron chi connectivity index (χ4n) is 2.49. The molecule has 3 N–H and O–H groups in total. The Morgan fingerprint density at radius 3 is 2.37 bits per heavy atom. The molecular weight excluding hydrogens is 248 g/mol. The Hall–Kier alpha value is -1.14. The van der Waals surface area contributed by atoms with Crippen molar-refractivity contribution in [1.29, 1.82) is 0 Å². The summed E-state index contributed by atoms with van der Waals surface area (Å²) >= 11 is 0. The Balaban J connectivity index is 1.65. The van der Waals surface area contributed by atoms with Gasteiger partial charge in [0.2, 0.25) is 5.91 Å². The predicted molar refractivity (Wildman–Crippen MR) is 68.6 cm³/mol. The van der Waals surface area contributed by atoms with Gasteiger partial charge in [0.25, 0.3) is 0 Å². The number of carboxylic acid groups (broad SMARTS) is 1. The maximum atomic E-state index is 11.9. The van der Waals surface area contributed by atoms with Gasteiger partial charge < -0.3 is 20.4 Å². The summed E-state index contributed by atoms with van der Waals surface area (Å²) in [6.45, 7) is 2.20. The monoisotopic (exact) mass is 270 g/mol. The number of carbonyl (C=O) groups is 2. The van der Waals surface area contributed by atoms with Crippen molar-refractivity contribution in [3.05, 3.63) is 0 Å². The molecule has 0 aromatic carbocycles. The molecule has 2 fully saturated rings. The highest BCUT2D eigenvalue weighted by molar-refractivity contribution is 5.78. The molecule has 0 bridgehead atoms. The van der Waals surface area contributed by atoms with Crippen LogP contribution in [0.4, 0.5) is 0 Å². The summed E-state index contributed by atoms with van der Waals surface area (Å²) in [5.41, 5.74) is 0.0105. The smallest absolute Gasteiger partial charge is 0.306 e. The highest BCUT2D eigenvalue weighted by atomic mass is 16.4. The normalized spacial score (nSPS) is 22.3. The molecule has 2 aliphatic rings. The molecule has 108 valence electrons. The molecule has 1 amide bonds. The van der Waals surface area contributed by atoms with E-state index in [0.717, 1.165) is 12.8 Å². The number of amides is 1. The molecule has 0 radical (unpaired) electrons. The van der Waals surface area contributed by atoms with Gasteiger partial charge in [-0.2, -0.15) is 0 Å². The van der Waals surface area contributed by atoms with E-state index in [1.54, 1.807) is 4.90 Å². The molecule has 6 heteroatoms. The molecule has 6 nitrogen and oxygen atoms in total. The van der Waals surface area contributed by atoms with Crippen molar-refractivity contribution in [1.82, 2.24) is 10.2 Å². The number of hydrogen-bond donors (Lipinski definition) is 3. The lowest BCUT2D eigenvalue weighted by Crippen LogP contribution is -2.45. The summed E-state index contributed by atoms with van der Waals surface area (Å²) in [4.78, 5) is 24.5. The Labute approximate surface area is 112 Å². The molecule has 0 unspecified atom stereocenters. The quantitative estimate of drug-likeness (QED) is 0.615. The fourth-order valence-corrected chi connectivity index (χ4v) is 2.49. The maximum Gasteiger partial charge on any atom is 0.306 e. The Kier molecular flexibility index (Phi) is 4.42. The first-order chi connectivity index (χ1) is 9.06. The van der Waals surface area contributed by atoms with E-state index in [9.17, 15) is 9.59 Å². The van der Waals surface area contributed by atoms with Crippen LogP contribution in [0.15, 0.2) is 0 Å². The topological polar surface area (TPSA) is 89.9 Å². The minimum Gasteiger partial charge on any atom is -0.481 e. The molecule has 19 heavy (non-hydrogen) atoms. The second kappa shape index (κ2) is 5.88. The van der Waals surface area contributed by atoms with Crippen molar-refractivity contribution in [3.63, 3.8) is 0 Å². The van der Waals surface area contributed by atoms with Gasteiger partial charge >= 0.3 is 5.97 Å². The van der Waals surface area contributed by atoms with Crippen LogP contribution in [-0.4, -0.2) is 59.8 Å². The Bertz CT molecular complexity index is 347. The predicted octanol–water partition coefficient (Wildman–Crippen LogP) is -0.328. The fraction of sp³-hybridized carbons (Fsp3) is 0.846. The molecule has 0 aromatic heterocycles. The number of aliphatic hydroxyl groups excluding tert-OH is 1. The summed E-state index contributed by atoms with van der Waals surface area (Å²) in [6, 6.07) is 0. The highest BCUT2D eigenvalue weighted by Gasteiger charge is 2.41. The first kappa shape index (κ1) is 14.3. The first-order valence-electron chi connectivity index (χ1n) is 6.88. The molecule has 1 aliphatic carbocycles. The number of piperidine rings is 1. The van der Waals surface area contributed by atoms with Crippen LogP contribution in [0.3, 0.4) is 0 Å². The van der Waals surface area contributed by atoms with E-state index >= 15 is 0 Å². The van der Waals surface area contributed by atoms with Gasteiger partial charge in [0.1, 0.15) is 0 Å². The van der Waals surface area contributed by atoms with Crippen LogP contribution in [0.1, 0.15) is 25.7 Å². The number of aliphatic carboxylic acids is 1. The standard InChI is InChI=1S/C13H22N2O4/c16-9-13(3-4-13)8-14-7-11(17)15-5-1-10(2-6-15)12(18)19/h10,14,16H,1-9H2,(H,18,19). The number of nitrogens with one attached hydrogen (secondary N) is 1. The Morgan fingerprint density at radius 2 is 1.89 bits per heavy atom. The van der Waals surface area contributed by atoms with Crippen molar-refractivity contribution in [2.45, 2.75) is 25.7 Å². The van der Waals surface area contributed by atoms with Crippen LogP contribution in [0.5, 0.6) is 0 Å². The van der Waals surface area contributed by atoms with Gasteiger partial charge in [-0.3, -0.25) is 9.59 Å². The number of carbonyl (C=O) groups excluding carboxylic acids is 1. The lowest BCUT2D eigenvalue weighted by Gasteiger charge is -2.30. The summed E-state index contributed by atoms with van der Waals surface area (Å²) in [7, 11) is 0. The number of likely N-dealkylation sites (tertiary alicyclic amines) is 1. The van der Waals surface area contributed by atoms with Crippen molar-refractivity contribution in [2.24, 2.45) is 11.3 Å². The van der Waals surface area contributed by atoms with Gasteiger partial charge in [-0.15, -0.1) is 0 Å². The number of nitrogens with zero attached hydrogens (tertiary/aromatic N) is 1. The molecule has 1 saturated heterocycles. The minimum atomic E-state index is -0.760. The van der Waals surface area contributed by atoms with E-state index in [4.69, 9.17) is 10.2 Å². The van der Waals surface area contributed by atoms with E-state index in [2.05, 4.69) is 5.32 Å². The SMILES string of the molecule is O=C(O)C1CCN(C(=O)CNCC2(CO)CC2)CC1. The lowest BCUT2D eigenvalue weighted by atomic mass is 9.97. The summed E-state index contributed by atoms with van der Waals surface area (Å²) in [6.07, 6.45) is 3.13. The van der Waals surface area contributed by atoms with Crippen molar-refractivity contribution >= 4 is 11.9 Å². The third-order valence-corrected chi connectivity index (χ3v) is 4.27. The molecule has 1 saturated carbocycles. The maximum absolute atomic E-state index is 11.9. The zero-order valence-corrected chi connectivity index (χ0v) is 11.1. The number of aliphatic hydroxyl groups is 1. The minimum absolute atomic E-state index is 0.0105. The van der Waals surface area contributed by atoms with Gasteiger partial charge in [-0.1, -0.05) is 0 Å². The van der Waals surface area contributed by atoms with Gasteiger partial charge in [0, 0.05) is 31.7 Å². The molecule has 0 spiro atoms. The van der Waals surface area contributed by atoms with Gasteiger partial charge in [-0.05, 0) is 25.7 Å². The summed E-state index contributed by atoms with van der Waals surface area (Å²) in [5.74, 6) is -1.04. The van der Waals surface area contributed by atoms with E-state index in [1.807, 2.05) is 0 Å². The van der Waals surface area contributed by atoms with Crippen LogP contribution in [0, 0.1) is 11.3 Å². The van der Waals surface area contributed by atoms with Crippen molar-refractivity contribution in [2.75, 3.05) is 32.8 Å². The third-order valence-electron chi connectivity index (χ3n) is 4.27. The van der Waals surface area contributed by atoms with E-state index < -0.39 is 5.97 Å². The second-order valence-electron chi connectivity index (χ2n) is 5.75. The van der Waals surface area contributed by atoms with Crippen molar-refractivity contribution in [3.8, 4) is 0 Å². The largest absolute Gasteiger partial charge is 0.481 e. The molecule has 0 aromatic rings. The number of carboxylic acids is 1. The average Bonchev–Trinajstić information content (AvgIpc) is 3.19. The average molecular weight is 270 g/mol. The molecular formula is C13H22N2O4. The first-order valence-corrected chi connectivity index (χ1v) is 6.88. The van der Waals surface area contributed by atoms with Crippen molar-refractivity contribution < 1.29 is 19.8 Å². The molecule has 1 heterocycles. The molecule has 0 atom stereocenters. The zero-order valence-electron chi connectivity index (χ0n) is 11.1. The van der Waals surface area contributed by atoms with Crippen LogP contribution in [0.2, 0.25) is 0 Å². The Morgan fingerprint density at radius 1 is 1.26 bits per heavy atom. The highest BCUT2D eigenvalue weighted by Crippen LogP contribution is 2.44. The van der Waals surface area contributed by atoms with Gasteiger partial charge in [0.15, 0.2) is 0 Å². The van der Waals surface area contributed by atoms with Crippen LogP contribution in [0.25, 0.3) is 0 Å². The van der Waals surface area contributed by atoms with E-state index in [1.165, 1.54) is 0 Å². The van der Waals surface area contributed by atoms with Crippen LogP contribution >= 0.6 is 0 Å². The second-order valence-corrected chi connectivity index (χ2v) is 5.75. The van der Waals surface area contributed by atoms with Gasteiger partial charge in [-0.25, -0.2) is 0 Å². The lowest BCUT2D eigenvalue weighted by molar-refractivity contribution is -0.145. The van der Waals surface area contributed by atoms with E-state index in [0.29, 0.717) is 32.5 Å². The molecule has 1 aliphatic heterocycles. The van der Waals surface area contributed by atoms with Gasteiger partial charge in [0.05, 0.1) is 12.5 Å².